The number of benzene rings is 2. The number of nitrogens with one attached hydrogen (secondary N) is 1. The summed E-state index contributed by atoms with van der Waals surface area (Å²) in [5.74, 6) is -0.129. The number of carbonyl (C=O) groups is 1. The first-order chi connectivity index (χ1) is 10.6. The second-order valence-electron chi connectivity index (χ2n) is 5.19. The molecule has 0 spiro atoms. The number of hydrogen-bond acceptors (Lipinski definition) is 3. The molecule has 1 atom stereocenters. The molecule has 0 fully saturated rings. The Kier molecular flexibility index (Phi) is 5.29. The van der Waals surface area contributed by atoms with E-state index in [1.807, 2.05) is 61.3 Å². The van der Waals surface area contributed by atoms with Gasteiger partial charge in [-0.25, -0.2) is 0 Å². The van der Waals surface area contributed by atoms with Crippen molar-refractivity contribution in [1.29, 1.82) is 5.26 Å². The summed E-state index contributed by atoms with van der Waals surface area (Å²) in [5.41, 5.74) is 2.44. The maximum absolute atomic E-state index is 12.2. The van der Waals surface area contributed by atoms with E-state index in [9.17, 15) is 4.79 Å². The Hall–Kier alpha value is -2.64. The van der Waals surface area contributed by atoms with E-state index in [-0.39, 0.29) is 11.9 Å². The maximum Gasteiger partial charge on any atom is 0.255 e. The highest BCUT2D eigenvalue weighted by Gasteiger charge is 2.12. The van der Waals surface area contributed by atoms with Crippen LogP contribution in [0.5, 0.6) is 0 Å². The molecule has 0 aromatic heterocycles. The van der Waals surface area contributed by atoms with Gasteiger partial charge in [-0.1, -0.05) is 30.3 Å². The van der Waals surface area contributed by atoms with Crippen LogP contribution in [0.15, 0.2) is 54.6 Å². The van der Waals surface area contributed by atoms with Crippen molar-refractivity contribution >= 4 is 11.6 Å². The number of anilines is 1. The monoisotopic (exact) mass is 293 g/mol. The van der Waals surface area contributed by atoms with Crippen LogP contribution in [0.1, 0.15) is 28.9 Å². The molecule has 2 aromatic carbocycles. The molecule has 0 unspecified atom stereocenters. The number of carbonyl (C=O) groups excluding carboxylic acids is 1. The first kappa shape index (κ1) is 15.7. The van der Waals surface area contributed by atoms with E-state index >= 15 is 0 Å². The SMILES string of the molecule is C[C@@H](c1cccc(NC(=O)c2ccccc2)c1)N(C)CC#N. The van der Waals surface area contributed by atoms with Crippen molar-refractivity contribution < 1.29 is 4.79 Å². The summed E-state index contributed by atoms with van der Waals surface area (Å²) < 4.78 is 0. The fourth-order valence-electron chi connectivity index (χ4n) is 2.17. The molecule has 112 valence electrons. The number of amides is 1. The van der Waals surface area contributed by atoms with E-state index in [1.165, 1.54) is 0 Å². The van der Waals surface area contributed by atoms with Crippen molar-refractivity contribution in [3.63, 3.8) is 0 Å². The van der Waals surface area contributed by atoms with Crippen LogP contribution in [0.25, 0.3) is 0 Å². The lowest BCUT2D eigenvalue weighted by Crippen LogP contribution is -2.22. The number of rotatable bonds is 5. The van der Waals surface area contributed by atoms with Crippen molar-refractivity contribution in [2.75, 3.05) is 18.9 Å². The largest absolute Gasteiger partial charge is 0.322 e. The van der Waals surface area contributed by atoms with Crippen molar-refractivity contribution in [1.82, 2.24) is 4.90 Å². The zero-order chi connectivity index (χ0) is 15.9. The van der Waals surface area contributed by atoms with E-state index in [0.717, 1.165) is 11.3 Å². The maximum atomic E-state index is 12.2. The lowest BCUT2D eigenvalue weighted by atomic mass is 10.1. The van der Waals surface area contributed by atoms with Gasteiger partial charge in [0, 0.05) is 17.3 Å². The van der Waals surface area contributed by atoms with E-state index in [1.54, 1.807) is 12.1 Å². The molecule has 2 rings (SSSR count). The van der Waals surface area contributed by atoms with Gasteiger partial charge in [-0.05, 0) is 43.8 Å². The average Bonchev–Trinajstić information content (AvgIpc) is 2.55. The third kappa shape index (κ3) is 3.94. The molecule has 0 radical (unpaired) electrons. The van der Waals surface area contributed by atoms with Gasteiger partial charge >= 0.3 is 0 Å². The van der Waals surface area contributed by atoms with Crippen LogP contribution in [0.4, 0.5) is 5.69 Å². The molecule has 0 saturated heterocycles. The van der Waals surface area contributed by atoms with Crippen LogP contribution in [-0.2, 0) is 0 Å². The summed E-state index contributed by atoms with van der Waals surface area (Å²) in [6.07, 6.45) is 0. The lowest BCUT2D eigenvalue weighted by Gasteiger charge is -2.22. The predicted octanol–water partition coefficient (Wildman–Crippen LogP) is 3.46. The van der Waals surface area contributed by atoms with Crippen molar-refractivity contribution in [2.24, 2.45) is 0 Å². The van der Waals surface area contributed by atoms with Crippen LogP contribution in [0.2, 0.25) is 0 Å². The fourth-order valence-corrected chi connectivity index (χ4v) is 2.17. The summed E-state index contributed by atoms with van der Waals surface area (Å²) in [4.78, 5) is 14.1. The number of nitriles is 1. The third-order valence-electron chi connectivity index (χ3n) is 3.64. The Labute approximate surface area is 131 Å². The van der Waals surface area contributed by atoms with Crippen molar-refractivity contribution in [3.8, 4) is 6.07 Å². The number of hydrogen-bond donors (Lipinski definition) is 1. The minimum absolute atomic E-state index is 0.105. The van der Waals surface area contributed by atoms with E-state index < -0.39 is 0 Å². The molecule has 1 N–H and O–H groups in total. The van der Waals surface area contributed by atoms with Gasteiger partial charge in [0.25, 0.3) is 5.91 Å². The van der Waals surface area contributed by atoms with E-state index in [2.05, 4.69) is 11.4 Å². The summed E-state index contributed by atoms with van der Waals surface area (Å²) in [6.45, 7) is 2.40. The first-order valence-corrected chi connectivity index (χ1v) is 7.15. The molecular formula is C18H19N3O. The minimum Gasteiger partial charge on any atom is -0.322 e. The second-order valence-corrected chi connectivity index (χ2v) is 5.19. The van der Waals surface area contributed by atoms with Gasteiger partial charge in [0.15, 0.2) is 0 Å². The van der Waals surface area contributed by atoms with Gasteiger partial charge in [0.05, 0.1) is 12.6 Å². The number of nitrogens with zero attached hydrogens (tertiary/aromatic N) is 2. The molecule has 2 aromatic rings. The van der Waals surface area contributed by atoms with Gasteiger partial charge < -0.3 is 5.32 Å². The highest BCUT2D eigenvalue weighted by atomic mass is 16.1. The fraction of sp³-hybridized carbons (Fsp3) is 0.222. The third-order valence-corrected chi connectivity index (χ3v) is 3.64. The van der Waals surface area contributed by atoms with Crippen LogP contribution in [0.3, 0.4) is 0 Å². The Morgan fingerprint density at radius 1 is 1.23 bits per heavy atom. The van der Waals surface area contributed by atoms with E-state index in [0.29, 0.717) is 12.1 Å². The van der Waals surface area contributed by atoms with E-state index in [4.69, 9.17) is 5.26 Å². The van der Waals surface area contributed by atoms with Gasteiger partial charge in [-0.15, -0.1) is 0 Å². The van der Waals surface area contributed by atoms with Crippen LogP contribution in [-0.4, -0.2) is 24.4 Å². The molecule has 0 aliphatic carbocycles. The molecule has 0 aliphatic heterocycles. The van der Waals surface area contributed by atoms with Crippen LogP contribution < -0.4 is 5.32 Å². The molecular weight excluding hydrogens is 274 g/mol. The molecule has 0 heterocycles. The second kappa shape index (κ2) is 7.39. The molecule has 0 aliphatic rings. The lowest BCUT2D eigenvalue weighted by molar-refractivity contribution is 0.102. The van der Waals surface area contributed by atoms with Gasteiger partial charge in [0.2, 0.25) is 0 Å². The summed E-state index contributed by atoms with van der Waals surface area (Å²) >= 11 is 0. The Bertz CT molecular complexity index is 676. The van der Waals surface area contributed by atoms with Gasteiger partial charge in [-0.2, -0.15) is 5.26 Å². The summed E-state index contributed by atoms with van der Waals surface area (Å²) in [6, 6.07) is 19.1. The van der Waals surface area contributed by atoms with Crippen molar-refractivity contribution in [2.45, 2.75) is 13.0 Å². The zero-order valence-corrected chi connectivity index (χ0v) is 12.8. The van der Waals surface area contributed by atoms with Crippen LogP contribution in [0, 0.1) is 11.3 Å². The van der Waals surface area contributed by atoms with Crippen LogP contribution >= 0.6 is 0 Å². The highest BCUT2D eigenvalue weighted by Crippen LogP contribution is 2.22. The molecule has 0 saturated carbocycles. The Morgan fingerprint density at radius 3 is 2.64 bits per heavy atom. The molecule has 0 bridgehead atoms. The Morgan fingerprint density at radius 2 is 1.95 bits per heavy atom. The smallest absolute Gasteiger partial charge is 0.255 e. The molecule has 1 amide bonds. The predicted molar refractivity (Wildman–Crippen MR) is 87.5 cm³/mol. The van der Waals surface area contributed by atoms with Crippen molar-refractivity contribution in [3.05, 3.63) is 65.7 Å². The topological polar surface area (TPSA) is 56.1 Å². The molecule has 22 heavy (non-hydrogen) atoms. The Balaban J connectivity index is 2.12. The summed E-state index contributed by atoms with van der Waals surface area (Å²) in [5, 5.41) is 11.7. The standard InChI is InChI=1S/C18H19N3O/c1-14(21(2)12-11-19)16-9-6-10-17(13-16)20-18(22)15-7-4-3-5-8-15/h3-10,13-14H,12H2,1-2H3,(H,20,22)/t14-/m0/s1. The first-order valence-electron chi connectivity index (χ1n) is 7.15. The normalized spacial score (nSPS) is 11.7. The average molecular weight is 293 g/mol. The van der Waals surface area contributed by atoms with Gasteiger partial charge in [0.1, 0.15) is 0 Å². The zero-order valence-electron chi connectivity index (χ0n) is 12.8. The molecule has 4 nitrogen and oxygen atoms in total. The summed E-state index contributed by atoms with van der Waals surface area (Å²) in [7, 11) is 1.91. The molecule has 4 heteroatoms. The quantitative estimate of drug-likeness (QED) is 0.859. The van der Waals surface area contributed by atoms with Gasteiger partial charge in [-0.3, -0.25) is 9.69 Å². The minimum atomic E-state index is -0.129. The highest BCUT2D eigenvalue weighted by molar-refractivity contribution is 6.04.